The summed E-state index contributed by atoms with van der Waals surface area (Å²) >= 11 is 5.86. The fourth-order valence-electron chi connectivity index (χ4n) is 4.51. The van der Waals surface area contributed by atoms with Crippen LogP contribution in [0.25, 0.3) is 0 Å². The van der Waals surface area contributed by atoms with Crippen LogP contribution in [0.4, 0.5) is 0 Å². The molecule has 1 aromatic heterocycles. The number of rotatable bonds is 10. The summed E-state index contributed by atoms with van der Waals surface area (Å²) < 4.78 is 21.3. The maximum atomic E-state index is 5.86. The topological polar surface area (TPSA) is 53.7 Å². The summed E-state index contributed by atoms with van der Waals surface area (Å²) in [5, 5.41) is 4.95. The molecule has 3 aromatic rings. The Morgan fingerprint density at radius 3 is 2.61 bits per heavy atom. The lowest BCUT2D eigenvalue weighted by atomic mass is 10.0. The maximum absolute atomic E-state index is 5.86. The van der Waals surface area contributed by atoms with Gasteiger partial charge in [-0.05, 0) is 48.8 Å². The molecule has 2 aromatic carbocycles. The van der Waals surface area contributed by atoms with Gasteiger partial charge in [0, 0.05) is 31.7 Å². The van der Waals surface area contributed by atoms with E-state index in [0.29, 0.717) is 19.8 Å². The average molecular weight is 469 g/mol. The van der Waals surface area contributed by atoms with Crippen molar-refractivity contribution in [2.75, 3.05) is 34.5 Å². The molecule has 0 radical (unpaired) electrons. The van der Waals surface area contributed by atoms with Crippen molar-refractivity contribution in [2.24, 2.45) is 0 Å². The molecule has 1 atom stereocenters. The zero-order valence-electron chi connectivity index (χ0n) is 19.6. The van der Waals surface area contributed by atoms with Crippen molar-refractivity contribution in [3.63, 3.8) is 0 Å². The Hall–Kier alpha value is -2.68. The Morgan fingerprint density at radius 2 is 1.88 bits per heavy atom. The summed E-state index contributed by atoms with van der Waals surface area (Å²) in [6, 6.07) is 16.6. The fraction of sp³-hybridized carbons (Fsp3) is 0.440. The lowest BCUT2D eigenvalue weighted by Gasteiger charge is -2.26. The Balaban J connectivity index is 1.62. The quantitative estimate of drug-likeness (QED) is 0.410. The van der Waals surface area contributed by atoms with Crippen LogP contribution in [-0.2, 0) is 24.4 Å². The van der Waals surface area contributed by atoms with Gasteiger partial charge in [0.1, 0.15) is 17.3 Å². The summed E-state index contributed by atoms with van der Waals surface area (Å²) in [5.74, 6) is 2.67. The van der Waals surface area contributed by atoms with Crippen LogP contribution in [0.5, 0.6) is 11.5 Å². The van der Waals surface area contributed by atoms with E-state index in [9.17, 15) is 0 Å². The Morgan fingerprint density at radius 1 is 1.06 bits per heavy atom. The highest BCUT2D eigenvalue weighted by atomic mass is 32.1. The van der Waals surface area contributed by atoms with E-state index in [1.54, 1.807) is 21.3 Å². The number of benzene rings is 2. The molecule has 0 amide bonds. The molecule has 0 N–H and O–H groups in total. The van der Waals surface area contributed by atoms with E-state index in [2.05, 4.69) is 39.8 Å². The Labute approximate surface area is 200 Å². The molecule has 8 heteroatoms. The van der Waals surface area contributed by atoms with Crippen molar-refractivity contribution in [1.82, 2.24) is 19.2 Å². The molecule has 0 aliphatic carbocycles. The third kappa shape index (κ3) is 5.29. The van der Waals surface area contributed by atoms with Crippen molar-refractivity contribution in [1.29, 1.82) is 0 Å². The van der Waals surface area contributed by atoms with E-state index in [4.69, 9.17) is 31.5 Å². The van der Waals surface area contributed by atoms with Crippen molar-refractivity contribution in [3.8, 4) is 11.5 Å². The summed E-state index contributed by atoms with van der Waals surface area (Å²) in [4.78, 5) is 2.42. The number of nitrogens with zero attached hydrogens (tertiary/aromatic N) is 4. The van der Waals surface area contributed by atoms with Gasteiger partial charge in [-0.2, -0.15) is 5.10 Å². The summed E-state index contributed by atoms with van der Waals surface area (Å²) in [7, 11) is 5.12. The zero-order chi connectivity index (χ0) is 23.2. The van der Waals surface area contributed by atoms with Gasteiger partial charge in [-0.15, -0.1) is 0 Å². The summed E-state index contributed by atoms with van der Waals surface area (Å²) in [6.07, 6.45) is 2.89. The van der Waals surface area contributed by atoms with Gasteiger partial charge in [-0.1, -0.05) is 30.3 Å². The first kappa shape index (κ1) is 23.5. The van der Waals surface area contributed by atoms with E-state index in [0.717, 1.165) is 53.5 Å². The number of likely N-dealkylation sites (tertiary alicyclic amines) is 1. The van der Waals surface area contributed by atoms with E-state index >= 15 is 0 Å². The van der Waals surface area contributed by atoms with Crippen LogP contribution >= 0.6 is 12.2 Å². The first-order chi connectivity index (χ1) is 16.1. The molecule has 1 unspecified atom stereocenters. The molecule has 0 saturated carbocycles. The van der Waals surface area contributed by atoms with Gasteiger partial charge < -0.3 is 18.8 Å². The lowest BCUT2D eigenvalue weighted by Crippen LogP contribution is -2.27. The second kappa shape index (κ2) is 11.0. The van der Waals surface area contributed by atoms with Gasteiger partial charge in [0.05, 0.1) is 34.0 Å². The monoisotopic (exact) mass is 468 g/mol. The molecule has 0 spiro atoms. The predicted octanol–water partition coefficient (Wildman–Crippen LogP) is 4.46. The molecule has 1 aliphatic rings. The molecule has 1 aliphatic heterocycles. The van der Waals surface area contributed by atoms with Crippen LogP contribution in [0.2, 0.25) is 0 Å². The number of ether oxygens (including phenoxy) is 3. The largest absolute Gasteiger partial charge is 0.497 e. The van der Waals surface area contributed by atoms with Gasteiger partial charge in [0.25, 0.3) is 0 Å². The molecular weight excluding hydrogens is 436 g/mol. The summed E-state index contributed by atoms with van der Waals surface area (Å²) in [5.41, 5.74) is 2.35. The summed E-state index contributed by atoms with van der Waals surface area (Å²) in [6.45, 7) is 2.89. The normalized spacial score (nSPS) is 16.3. The minimum absolute atomic E-state index is 0.221. The SMILES string of the molecule is COCCn1c(Cc2ccccc2)nn(CN2CCCC2c2cc(OC)ccc2OC)c1=S. The minimum atomic E-state index is 0.221. The highest BCUT2D eigenvalue weighted by Gasteiger charge is 2.29. The van der Waals surface area contributed by atoms with Crippen LogP contribution in [0.1, 0.15) is 35.8 Å². The molecule has 1 fully saturated rings. The molecule has 1 saturated heterocycles. The van der Waals surface area contributed by atoms with Crippen LogP contribution in [-0.4, -0.2) is 53.7 Å². The average Bonchev–Trinajstić information content (AvgIpc) is 3.42. The van der Waals surface area contributed by atoms with Crippen molar-refractivity contribution in [2.45, 2.75) is 38.5 Å². The smallest absolute Gasteiger partial charge is 0.199 e. The molecule has 33 heavy (non-hydrogen) atoms. The second-order valence-corrected chi connectivity index (χ2v) is 8.59. The molecule has 7 nitrogen and oxygen atoms in total. The predicted molar refractivity (Wildman–Crippen MR) is 130 cm³/mol. The molecule has 2 heterocycles. The zero-order valence-corrected chi connectivity index (χ0v) is 20.4. The van der Waals surface area contributed by atoms with E-state index in [-0.39, 0.29) is 6.04 Å². The van der Waals surface area contributed by atoms with Crippen LogP contribution in [0.3, 0.4) is 0 Å². The molecule has 0 bridgehead atoms. The van der Waals surface area contributed by atoms with Crippen molar-refractivity contribution >= 4 is 12.2 Å². The Kier molecular flexibility index (Phi) is 7.80. The standard InChI is InChI=1S/C25H32N4O3S/c1-30-15-14-28-24(16-19-8-5-4-6-9-19)26-29(25(28)33)18-27-13-7-10-22(27)21-17-20(31-2)11-12-23(21)32-3/h4-6,8-9,11-12,17,22H,7,10,13-16,18H2,1-3H3. The Bertz CT molecular complexity index is 1110. The lowest BCUT2D eigenvalue weighted by molar-refractivity contribution is 0.180. The maximum Gasteiger partial charge on any atom is 0.199 e. The van der Waals surface area contributed by atoms with E-state index in [1.807, 2.05) is 22.9 Å². The third-order valence-electron chi connectivity index (χ3n) is 6.20. The minimum Gasteiger partial charge on any atom is -0.497 e. The first-order valence-corrected chi connectivity index (χ1v) is 11.7. The van der Waals surface area contributed by atoms with Gasteiger partial charge in [-0.3, -0.25) is 4.90 Å². The van der Waals surface area contributed by atoms with E-state index in [1.165, 1.54) is 5.56 Å². The van der Waals surface area contributed by atoms with Crippen LogP contribution in [0.15, 0.2) is 48.5 Å². The first-order valence-electron chi connectivity index (χ1n) is 11.3. The van der Waals surface area contributed by atoms with Gasteiger partial charge in [0.15, 0.2) is 4.77 Å². The van der Waals surface area contributed by atoms with Gasteiger partial charge in [0.2, 0.25) is 0 Å². The van der Waals surface area contributed by atoms with Gasteiger partial charge >= 0.3 is 0 Å². The molecular formula is C25H32N4O3S. The van der Waals surface area contributed by atoms with Crippen molar-refractivity contribution in [3.05, 3.63) is 70.3 Å². The third-order valence-corrected chi connectivity index (χ3v) is 6.63. The van der Waals surface area contributed by atoms with Gasteiger partial charge in [-0.25, -0.2) is 4.68 Å². The number of methoxy groups -OCH3 is 3. The highest BCUT2D eigenvalue weighted by molar-refractivity contribution is 7.71. The number of aromatic nitrogens is 3. The van der Waals surface area contributed by atoms with Crippen LogP contribution in [0, 0.1) is 4.77 Å². The number of hydrogen-bond donors (Lipinski definition) is 0. The highest BCUT2D eigenvalue weighted by Crippen LogP contribution is 2.39. The van der Waals surface area contributed by atoms with E-state index < -0.39 is 0 Å². The number of hydrogen-bond acceptors (Lipinski definition) is 6. The molecule has 4 rings (SSSR count). The molecule has 176 valence electrons. The van der Waals surface area contributed by atoms with Crippen LogP contribution < -0.4 is 9.47 Å². The fourth-order valence-corrected chi connectivity index (χ4v) is 4.81. The second-order valence-electron chi connectivity index (χ2n) is 8.22. The van der Waals surface area contributed by atoms with Crippen molar-refractivity contribution < 1.29 is 14.2 Å².